The number of carbonyl (C=O) groups is 2. The lowest BCUT2D eigenvalue weighted by atomic mass is 10.2. The Morgan fingerprint density at radius 3 is 2.71 bits per heavy atom. The summed E-state index contributed by atoms with van der Waals surface area (Å²) >= 11 is 0. The van der Waals surface area contributed by atoms with Crippen LogP contribution >= 0.6 is 0 Å². The number of rotatable bonds is 5. The van der Waals surface area contributed by atoms with Gasteiger partial charge in [-0.05, 0) is 31.2 Å². The van der Waals surface area contributed by atoms with Gasteiger partial charge in [-0.15, -0.1) is 0 Å². The lowest BCUT2D eigenvalue weighted by Gasteiger charge is -2.25. The molecule has 1 aliphatic heterocycles. The van der Waals surface area contributed by atoms with Crippen molar-refractivity contribution >= 4 is 23.3 Å². The van der Waals surface area contributed by atoms with E-state index in [-0.39, 0.29) is 12.3 Å². The summed E-state index contributed by atoms with van der Waals surface area (Å²) in [6.07, 6.45) is -2.27. The second kappa shape index (κ2) is 7.91. The fourth-order valence-electron chi connectivity index (χ4n) is 2.41. The molecule has 0 aliphatic carbocycles. The summed E-state index contributed by atoms with van der Waals surface area (Å²) in [6.45, 7) is 1.25. The maximum Gasteiger partial charge on any atom is 0.351 e. The molecule has 1 amide bonds. The van der Waals surface area contributed by atoms with Crippen molar-refractivity contribution < 1.29 is 33.1 Å². The molecular weight excluding hydrogens is 375 g/mol. The topological polar surface area (TPSA) is 117 Å². The predicted octanol–water partition coefficient (Wildman–Crippen LogP) is 2.44. The largest absolute Gasteiger partial charge is 0.485 e. The maximum atomic E-state index is 13.4. The van der Waals surface area contributed by atoms with Crippen molar-refractivity contribution in [3.63, 3.8) is 0 Å². The van der Waals surface area contributed by atoms with Crippen LogP contribution in [0.15, 0.2) is 42.5 Å². The normalized spacial score (nSPS) is 16.0. The van der Waals surface area contributed by atoms with Crippen LogP contribution in [0.2, 0.25) is 0 Å². The molecule has 0 saturated heterocycles. The van der Waals surface area contributed by atoms with Gasteiger partial charge in [0.05, 0.1) is 4.92 Å². The maximum absolute atomic E-state index is 13.4. The summed E-state index contributed by atoms with van der Waals surface area (Å²) in [4.78, 5) is 34.2. The average molecular weight is 390 g/mol. The Labute approximate surface area is 158 Å². The summed E-state index contributed by atoms with van der Waals surface area (Å²) < 4.78 is 29.3. The van der Waals surface area contributed by atoms with Gasteiger partial charge in [-0.1, -0.05) is 12.1 Å². The average Bonchev–Trinajstić information content (AvgIpc) is 2.68. The van der Waals surface area contributed by atoms with Crippen molar-refractivity contribution in [3.05, 3.63) is 58.4 Å². The number of nitrogens with zero attached hydrogens (tertiary/aromatic N) is 1. The Morgan fingerprint density at radius 1 is 1.29 bits per heavy atom. The molecule has 0 spiro atoms. The van der Waals surface area contributed by atoms with E-state index in [0.29, 0.717) is 11.5 Å². The third-order valence-electron chi connectivity index (χ3n) is 3.84. The SMILES string of the molecule is C[C@@H](OC(=O)[C@H]1COc2ccccc2O1)C(=O)Nc1ccc(F)c([N+](=O)[O-])c1. The molecule has 0 aromatic heterocycles. The molecule has 10 heteroatoms. The number of para-hydroxylation sites is 2. The number of hydrogen-bond acceptors (Lipinski definition) is 7. The van der Waals surface area contributed by atoms with Crippen LogP contribution in [0.3, 0.4) is 0 Å². The third-order valence-corrected chi connectivity index (χ3v) is 3.84. The number of esters is 1. The van der Waals surface area contributed by atoms with Gasteiger partial charge in [0.1, 0.15) is 6.61 Å². The zero-order valence-corrected chi connectivity index (χ0v) is 14.6. The van der Waals surface area contributed by atoms with E-state index >= 15 is 0 Å². The van der Waals surface area contributed by atoms with E-state index in [1.54, 1.807) is 24.3 Å². The molecule has 3 rings (SSSR count). The molecule has 28 heavy (non-hydrogen) atoms. The van der Waals surface area contributed by atoms with Crippen molar-refractivity contribution in [2.24, 2.45) is 0 Å². The Bertz CT molecular complexity index is 934. The van der Waals surface area contributed by atoms with Crippen LogP contribution < -0.4 is 14.8 Å². The minimum Gasteiger partial charge on any atom is -0.485 e. The zero-order chi connectivity index (χ0) is 20.3. The molecule has 2 atom stereocenters. The number of halogens is 1. The second-order valence-electron chi connectivity index (χ2n) is 5.86. The first-order chi connectivity index (χ1) is 13.3. The summed E-state index contributed by atoms with van der Waals surface area (Å²) in [5, 5.41) is 13.1. The molecule has 0 radical (unpaired) electrons. The summed E-state index contributed by atoms with van der Waals surface area (Å²) in [7, 11) is 0. The predicted molar refractivity (Wildman–Crippen MR) is 93.6 cm³/mol. The number of ether oxygens (including phenoxy) is 3. The summed E-state index contributed by atoms with van der Waals surface area (Å²) in [5.41, 5.74) is -0.791. The van der Waals surface area contributed by atoms with Crippen molar-refractivity contribution in [2.75, 3.05) is 11.9 Å². The Hall–Kier alpha value is -3.69. The number of benzene rings is 2. The van der Waals surface area contributed by atoms with E-state index in [4.69, 9.17) is 14.2 Å². The Kier molecular flexibility index (Phi) is 5.39. The van der Waals surface area contributed by atoms with Crippen molar-refractivity contribution in [3.8, 4) is 11.5 Å². The molecule has 0 bridgehead atoms. The highest BCUT2D eigenvalue weighted by Crippen LogP contribution is 2.31. The van der Waals surface area contributed by atoms with Crippen LogP contribution in [0.1, 0.15) is 6.92 Å². The lowest BCUT2D eigenvalue weighted by Crippen LogP contribution is -2.41. The van der Waals surface area contributed by atoms with E-state index in [0.717, 1.165) is 18.2 Å². The zero-order valence-electron chi connectivity index (χ0n) is 14.6. The van der Waals surface area contributed by atoms with E-state index in [9.17, 15) is 24.1 Å². The Morgan fingerprint density at radius 2 is 2.00 bits per heavy atom. The van der Waals surface area contributed by atoms with Crippen LogP contribution in [-0.2, 0) is 14.3 Å². The van der Waals surface area contributed by atoms with Crippen LogP contribution in [0.25, 0.3) is 0 Å². The van der Waals surface area contributed by atoms with Gasteiger partial charge in [-0.25, -0.2) is 4.79 Å². The van der Waals surface area contributed by atoms with Gasteiger partial charge in [0.15, 0.2) is 17.6 Å². The van der Waals surface area contributed by atoms with Crippen LogP contribution in [-0.4, -0.2) is 35.6 Å². The van der Waals surface area contributed by atoms with Crippen molar-refractivity contribution in [1.82, 2.24) is 0 Å². The molecular formula is C18H15FN2O7. The molecule has 0 fully saturated rings. The first kappa shape index (κ1) is 19.1. The molecule has 1 aliphatic rings. The number of carbonyl (C=O) groups excluding carboxylic acids is 2. The van der Waals surface area contributed by atoms with E-state index in [1.807, 2.05) is 0 Å². The highest BCUT2D eigenvalue weighted by molar-refractivity contribution is 5.95. The number of fused-ring (bicyclic) bond motifs is 1. The molecule has 0 unspecified atom stereocenters. The first-order valence-corrected chi connectivity index (χ1v) is 8.19. The highest BCUT2D eigenvalue weighted by atomic mass is 19.1. The third kappa shape index (κ3) is 4.17. The summed E-state index contributed by atoms with van der Waals surface area (Å²) in [5.74, 6) is -1.70. The van der Waals surface area contributed by atoms with Gasteiger partial charge in [-0.3, -0.25) is 14.9 Å². The number of anilines is 1. The number of nitro benzene ring substituents is 1. The number of nitrogens with one attached hydrogen (secondary N) is 1. The van der Waals surface area contributed by atoms with Gasteiger partial charge < -0.3 is 19.5 Å². The van der Waals surface area contributed by atoms with E-state index in [1.165, 1.54) is 6.92 Å². The van der Waals surface area contributed by atoms with Gasteiger partial charge >= 0.3 is 11.7 Å². The molecule has 2 aromatic carbocycles. The standard InChI is InChI=1S/C18H15FN2O7/c1-10(17(22)20-11-6-7-12(19)13(8-11)21(24)25)27-18(23)16-9-26-14-4-2-3-5-15(14)28-16/h2-8,10,16H,9H2,1H3,(H,20,22)/t10-,16-/m1/s1. The monoisotopic (exact) mass is 390 g/mol. The number of amides is 1. The fourth-order valence-corrected chi connectivity index (χ4v) is 2.41. The molecule has 146 valence electrons. The van der Waals surface area contributed by atoms with Crippen LogP contribution in [0.4, 0.5) is 15.8 Å². The van der Waals surface area contributed by atoms with Crippen LogP contribution in [0, 0.1) is 15.9 Å². The van der Waals surface area contributed by atoms with Crippen LogP contribution in [0.5, 0.6) is 11.5 Å². The quantitative estimate of drug-likeness (QED) is 0.473. The molecule has 1 heterocycles. The van der Waals surface area contributed by atoms with Crippen molar-refractivity contribution in [1.29, 1.82) is 0 Å². The molecule has 2 aromatic rings. The van der Waals surface area contributed by atoms with Gasteiger partial charge in [0.2, 0.25) is 11.9 Å². The highest BCUT2D eigenvalue weighted by Gasteiger charge is 2.31. The lowest BCUT2D eigenvalue weighted by molar-refractivity contribution is -0.387. The van der Waals surface area contributed by atoms with E-state index in [2.05, 4.69) is 5.32 Å². The molecule has 9 nitrogen and oxygen atoms in total. The fraction of sp³-hybridized carbons (Fsp3) is 0.222. The minimum atomic E-state index is -1.22. The van der Waals surface area contributed by atoms with Gasteiger partial charge in [0.25, 0.3) is 5.91 Å². The van der Waals surface area contributed by atoms with E-state index < -0.39 is 40.5 Å². The number of nitro groups is 1. The number of hydrogen-bond donors (Lipinski definition) is 1. The van der Waals surface area contributed by atoms with Crippen molar-refractivity contribution in [2.45, 2.75) is 19.1 Å². The smallest absolute Gasteiger partial charge is 0.351 e. The second-order valence-corrected chi connectivity index (χ2v) is 5.86. The Balaban J connectivity index is 1.59. The molecule has 1 N–H and O–H groups in total. The van der Waals surface area contributed by atoms with Gasteiger partial charge in [0, 0.05) is 11.8 Å². The first-order valence-electron chi connectivity index (χ1n) is 8.19. The van der Waals surface area contributed by atoms with Gasteiger partial charge in [-0.2, -0.15) is 4.39 Å². The summed E-state index contributed by atoms with van der Waals surface area (Å²) in [6, 6.07) is 9.68. The minimum absolute atomic E-state index is 0.00724. The molecule has 0 saturated carbocycles.